The van der Waals surface area contributed by atoms with Gasteiger partial charge >= 0.3 is 6.03 Å². The molecule has 0 saturated carbocycles. The maximum atomic E-state index is 10.5. The first kappa shape index (κ1) is 8.52. The SMILES string of the molecule is CC(NC(N)=O)c1cccnc1. The highest BCUT2D eigenvalue weighted by Crippen LogP contribution is 2.08. The van der Waals surface area contributed by atoms with Crippen LogP contribution in [-0.4, -0.2) is 11.0 Å². The first-order chi connectivity index (χ1) is 5.70. The summed E-state index contributed by atoms with van der Waals surface area (Å²) in [4.78, 5) is 14.4. The molecule has 0 aromatic carbocycles. The molecule has 3 N–H and O–H groups in total. The van der Waals surface area contributed by atoms with Crippen molar-refractivity contribution in [1.82, 2.24) is 10.3 Å². The Morgan fingerprint density at radius 2 is 2.50 bits per heavy atom. The monoisotopic (exact) mass is 165 g/mol. The summed E-state index contributed by atoms with van der Waals surface area (Å²) in [5.74, 6) is 0. The number of aromatic nitrogens is 1. The molecule has 1 unspecified atom stereocenters. The van der Waals surface area contributed by atoms with Crippen molar-refractivity contribution < 1.29 is 4.79 Å². The van der Waals surface area contributed by atoms with Gasteiger partial charge in [0.15, 0.2) is 0 Å². The number of amides is 2. The van der Waals surface area contributed by atoms with Gasteiger partial charge in [-0.05, 0) is 18.6 Å². The Labute approximate surface area is 70.8 Å². The molecule has 12 heavy (non-hydrogen) atoms. The number of nitrogens with one attached hydrogen (secondary N) is 1. The van der Waals surface area contributed by atoms with Crippen molar-refractivity contribution in [3.05, 3.63) is 30.1 Å². The zero-order chi connectivity index (χ0) is 8.97. The fraction of sp³-hybridized carbons (Fsp3) is 0.250. The smallest absolute Gasteiger partial charge is 0.312 e. The summed E-state index contributed by atoms with van der Waals surface area (Å²) < 4.78 is 0. The minimum absolute atomic E-state index is 0.0869. The highest BCUT2D eigenvalue weighted by molar-refractivity contribution is 5.72. The van der Waals surface area contributed by atoms with E-state index < -0.39 is 6.03 Å². The maximum absolute atomic E-state index is 10.5. The van der Waals surface area contributed by atoms with E-state index in [0.717, 1.165) is 5.56 Å². The molecule has 2 amide bonds. The van der Waals surface area contributed by atoms with E-state index in [1.54, 1.807) is 12.4 Å². The third kappa shape index (κ3) is 2.23. The molecule has 4 nitrogen and oxygen atoms in total. The van der Waals surface area contributed by atoms with Gasteiger partial charge in [0.2, 0.25) is 0 Å². The van der Waals surface area contributed by atoms with E-state index in [1.807, 2.05) is 19.1 Å². The van der Waals surface area contributed by atoms with Crippen LogP contribution in [0.15, 0.2) is 24.5 Å². The average molecular weight is 165 g/mol. The van der Waals surface area contributed by atoms with Crippen LogP contribution in [0.1, 0.15) is 18.5 Å². The van der Waals surface area contributed by atoms with Crippen LogP contribution in [-0.2, 0) is 0 Å². The average Bonchev–Trinajstić information content (AvgIpc) is 2.05. The summed E-state index contributed by atoms with van der Waals surface area (Å²) in [6.45, 7) is 1.85. The van der Waals surface area contributed by atoms with Crippen LogP contribution in [0.3, 0.4) is 0 Å². The molecule has 1 heterocycles. The number of nitrogens with zero attached hydrogens (tertiary/aromatic N) is 1. The molecule has 0 saturated heterocycles. The number of hydrogen-bond acceptors (Lipinski definition) is 2. The van der Waals surface area contributed by atoms with Crippen molar-refractivity contribution in [1.29, 1.82) is 0 Å². The lowest BCUT2D eigenvalue weighted by Crippen LogP contribution is -2.31. The van der Waals surface area contributed by atoms with Crippen molar-refractivity contribution in [2.75, 3.05) is 0 Å². The van der Waals surface area contributed by atoms with E-state index >= 15 is 0 Å². The molecule has 0 aliphatic rings. The Morgan fingerprint density at radius 3 is 3.00 bits per heavy atom. The predicted octanol–water partition coefficient (Wildman–Crippen LogP) is 0.811. The standard InChI is InChI=1S/C8H11N3O/c1-6(11-8(9)12)7-3-2-4-10-5-7/h2-6H,1H3,(H3,9,11,12). The van der Waals surface area contributed by atoms with Gasteiger partial charge in [0.1, 0.15) is 0 Å². The van der Waals surface area contributed by atoms with E-state index in [1.165, 1.54) is 0 Å². The van der Waals surface area contributed by atoms with Gasteiger partial charge in [0.25, 0.3) is 0 Å². The van der Waals surface area contributed by atoms with Crippen LogP contribution in [0.25, 0.3) is 0 Å². The second kappa shape index (κ2) is 3.71. The second-order valence-corrected chi connectivity index (χ2v) is 2.52. The topological polar surface area (TPSA) is 68.0 Å². The maximum Gasteiger partial charge on any atom is 0.312 e. The number of nitrogens with two attached hydrogens (primary N) is 1. The number of carbonyl (C=O) groups excluding carboxylic acids is 1. The Kier molecular flexibility index (Phi) is 2.63. The minimum Gasteiger partial charge on any atom is -0.352 e. The van der Waals surface area contributed by atoms with Gasteiger partial charge in [-0.2, -0.15) is 0 Å². The van der Waals surface area contributed by atoms with Gasteiger partial charge in [0.05, 0.1) is 6.04 Å². The zero-order valence-electron chi connectivity index (χ0n) is 6.82. The van der Waals surface area contributed by atoms with Crippen molar-refractivity contribution in [3.63, 3.8) is 0 Å². The van der Waals surface area contributed by atoms with Crippen molar-refractivity contribution in [2.45, 2.75) is 13.0 Å². The van der Waals surface area contributed by atoms with Crippen LogP contribution < -0.4 is 11.1 Å². The van der Waals surface area contributed by atoms with Gasteiger partial charge in [0, 0.05) is 12.4 Å². The number of primary amides is 1. The van der Waals surface area contributed by atoms with Crippen molar-refractivity contribution >= 4 is 6.03 Å². The molecular formula is C8H11N3O. The lowest BCUT2D eigenvalue weighted by molar-refractivity contribution is 0.246. The Balaban J connectivity index is 2.65. The van der Waals surface area contributed by atoms with Gasteiger partial charge in [-0.25, -0.2) is 4.79 Å². The Hall–Kier alpha value is -1.58. The first-order valence-corrected chi connectivity index (χ1v) is 3.66. The Morgan fingerprint density at radius 1 is 1.75 bits per heavy atom. The molecule has 1 aromatic rings. The van der Waals surface area contributed by atoms with Crippen molar-refractivity contribution in [3.8, 4) is 0 Å². The highest BCUT2D eigenvalue weighted by atomic mass is 16.2. The first-order valence-electron chi connectivity index (χ1n) is 3.66. The number of rotatable bonds is 2. The largest absolute Gasteiger partial charge is 0.352 e. The number of hydrogen-bond donors (Lipinski definition) is 2. The summed E-state index contributed by atoms with van der Waals surface area (Å²) in [5, 5.41) is 2.56. The normalized spacial score (nSPS) is 12.1. The molecule has 1 atom stereocenters. The van der Waals surface area contributed by atoms with Gasteiger partial charge < -0.3 is 11.1 Å². The number of urea groups is 1. The lowest BCUT2D eigenvalue weighted by Gasteiger charge is -2.10. The van der Waals surface area contributed by atoms with Gasteiger partial charge in [-0.1, -0.05) is 6.07 Å². The summed E-state index contributed by atoms with van der Waals surface area (Å²) in [7, 11) is 0. The fourth-order valence-corrected chi connectivity index (χ4v) is 0.929. The van der Waals surface area contributed by atoms with E-state index in [9.17, 15) is 4.79 Å². The summed E-state index contributed by atoms with van der Waals surface area (Å²) >= 11 is 0. The molecule has 64 valence electrons. The second-order valence-electron chi connectivity index (χ2n) is 2.52. The zero-order valence-corrected chi connectivity index (χ0v) is 6.82. The predicted molar refractivity (Wildman–Crippen MR) is 45.4 cm³/mol. The van der Waals surface area contributed by atoms with E-state index in [0.29, 0.717) is 0 Å². The molecule has 0 aliphatic heterocycles. The molecule has 0 spiro atoms. The third-order valence-electron chi connectivity index (χ3n) is 1.54. The molecular weight excluding hydrogens is 154 g/mol. The molecule has 1 aromatic heterocycles. The molecule has 0 fully saturated rings. The lowest BCUT2D eigenvalue weighted by atomic mass is 10.1. The molecule has 1 rings (SSSR count). The molecule has 0 radical (unpaired) electrons. The van der Waals surface area contributed by atoms with Crippen LogP contribution in [0.2, 0.25) is 0 Å². The van der Waals surface area contributed by atoms with Gasteiger partial charge in [-0.3, -0.25) is 4.98 Å². The van der Waals surface area contributed by atoms with Crippen molar-refractivity contribution in [2.24, 2.45) is 5.73 Å². The van der Waals surface area contributed by atoms with E-state index in [2.05, 4.69) is 10.3 Å². The summed E-state index contributed by atoms with van der Waals surface area (Å²) in [6.07, 6.45) is 3.38. The minimum atomic E-state index is -0.522. The van der Waals surface area contributed by atoms with E-state index in [4.69, 9.17) is 5.73 Å². The van der Waals surface area contributed by atoms with Crippen LogP contribution in [0, 0.1) is 0 Å². The van der Waals surface area contributed by atoms with Crippen LogP contribution in [0.4, 0.5) is 4.79 Å². The van der Waals surface area contributed by atoms with Crippen LogP contribution in [0.5, 0.6) is 0 Å². The highest BCUT2D eigenvalue weighted by Gasteiger charge is 2.05. The number of pyridine rings is 1. The van der Waals surface area contributed by atoms with E-state index in [-0.39, 0.29) is 6.04 Å². The summed E-state index contributed by atoms with van der Waals surface area (Å²) in [5.41, 5.74) is 5.90. The fourth-order valence-electron chi connectivity index (χ4n) is 0.929. The van der Waals surface area contributed by atoms with Crippen LogP contribution >= 0.6 is 0 Å². The summed E-state index contributed by atoms with van der Waals surface area (Å²) in [6, 6.07) is 3.09. The Bertz CT molecular complexity index is 260. The van der Waals surface area contributed by atoms with Gasteiger partial charge in [-0.15, -0.1) is 0 Å². The molecule has 0 aliphatic carbocycles. The number of carbonyl (C=O) groups is 1. The molecule has 0 bridgehead atoms. The third-order valence-corrected chi connectivity index (χ3v) is 1.54. The molecule has 4 heteroatoms. The quantitative estimate of drug-likeness (QED) is 0.681.